The minimum atomic E-state index is -2.43. The van der Waals surface area contributed by atoms with E-state index in [1.54, 1.807) is 0 Å². The maximum Gasteiger partial charge on any atom is 0.164 e. The molecule has 6 aromatic carbocycles. The first-order valence-corrected chi connectivity index (χ1v) is 19.3. The summed E-state index contributed by atoms with van der Waals surface area (Å²) in [6.07, 6.45) is 0. The van der Waals surface area contributed by atoms with Gasteiger partial charge in [-0.25, -0.2) is 0 Å². The van der Waals surface area contributed by atoms with Gasteiger partial charge >= 0.3 is 0 Å². The number of hydrogen-bond donors (Lipinski definition) is 0. The van der Waals surface area contributed by atoms with Crippen LogP contribution < -0.4 is 50.1 Å². The largest absolute Gasteiger partial charge is 0.457 e. The third-order valence-corrected chi connectivity index (χ3v) is 18.7. The standard InChI is InChI=1S/C36H24O4Si2/c1-41-31-15-5-3-9-23(31)37-25-11-7-13-27(35(25)41)39-29-17-21-18-30-34(20-22(21)19-33(29)41)42(2)32-16-6-4-10-24(32)38-26-12-8-14-28(40-30)36(26)42/h3-20H,1-2H3. The van der Waals surface area contributed by atoms with Crippen molar-refractivity contribution < 1.29 is 18.9 Å². The highest BCUT2D eigenvalue weighted by Crippen LogP contribution is 2.42. The molecular formula is C36H24O4Si2. The van der Waals surface area contributed by atoms with Crippen LogP contribution in [0.25, 0.3) is 10.8 Å². The van der Waals surface area contributed by atoms with E-state index in [2.05, 4.69) is 110 Å². The Bertz CT molecular complexity index is 2060. The van der Waals surface area contributed by atoms with E-state index < -0.39 is 16.1 Å². The molecule has 0 spiro atoms. The van der Waals surface area contributed by atoms with Crippen LogP contribution in [0.2, 0.25) is 13.1 Å². The Labute approximate surface area is 244 Å². The van der Waals surface area contributed by atoms with Crippen LogP contribution in [0.1, 0.15) is 0 Å². The fourth-order valence-corrected chi connectivity index (χ4v) is 16.2. The molecule has 200 valence electrons. The molecule has 42 heavy (non-hydrogen) atoms. The Morgan fingerprint density at radius 1 is 0.357 bits per heavy atom. The molecule has 0 bridgehead atoms. The van der Waals surface area contributed by atoms with Crippen molar-refractivity contribution in [3.8, 4) is 46.0 Å². The lowest BCUT2D eigenvalue weighted by Gasteiger charge is -2.42. The van der Waals surface area contributed by atoms with E-state index in [0.717, 1.165) is 51.4 Å². The van der Waals surface area contributed by atoms with Crippen molar-refractivity contribution in [3.63, 3.8) is 0 Å². The van der Waals surface area contributed by atoms with Gasteiger partial charge in [-0.15, -0.1) is 0 Å². The van der Waals surface area contributed by atoms with Crippen LogP contribution in [0.4, 0.5) is 0 Å². The summed E-state index contributed by atoms with van der Waals surface area (Å²) in [6.45, 7) is 4.89. The summed E-state index contributed by atoms with van der Waals surface area (Å²) in [4.78, 5) is 0. The second-order valence-electron chi connectivity index (χ2n) is 12.0. The van der Waals surface area contributed by atoms with Gasteiger partial charge in [-0.1, -0.05) is 73.8 Å². The van der Waals surface area contributed by atoms with E-state index in [1.807, 2.05) is 12.1 Å². The Kier molecular flexibility index (Phi) is 4.10. The number of benzene rings is 6. The van der Waals surface area contributed by atoms with Crippen molar-refractivity contribution >= 4 is 58.0 Å². The molecule has 0 aliphatic carbocycles. The monoisotopic (exact) mass is 576 g/mol. The predicted octanol–water partition coefficient (Wildman–Crippen LogP) is 5.46. The molecular weight excluding hydrogens is 553 g/mol. The molecule has 10 rings (SSSR count). The average molecular weight is 577 g/mol. The summed E-state index contributed by atoms with van der Waals surface area (Å²) >= 11 is 0. The molecule has 6 heteroatoms. The van der Waals surface area contributed by atoms with E-state index in [4.69, 9.17) is 18.9 Å². The molecule has 0 saturated carbocycles. The van der Waals surface area contributed by atoms with Crippen LogP contribution in [0, 0.1) is 0 Å². The molecule has 4 aliphatic rings. The molecule has 4 nitrogen and oxygen atoms in total. The van der Waals surface area contributed by atoms with E-state index in [1.165, 1.54) is 36.5 Å². The van der Waals surface area contributed by atoms with Gasteiger partial charge in [-0.05, 0) is 80.1 Å². The fourth-order valence-electron chi connectivity index (χ4n) is 7.85. The fraction of sp³-hybridized carbons (Fsp3) is 0.0556. The molecule has 0 radical (unpaired) electrons. The maximum atomic E-state index is 6.65. The third kappa shape index (κ3) is 2.63. The van der Waals surface area contributed by atoms with Crippen LogP contribution in [0.5, 0.6) is 46.0 Å². The SMILES string of the molecule is C[Si]12c3ccccc3Oc3cccc(c31)Oc1cc3cc4c(cc3cc12)[Si]1(C)c2ccccc2Oc2cccc(c21)O4. The molecule has 0 amide bonds. The number of hydrogen-bond acceptors (Lipinski definition) is 4. The Hall–Kier alpha value is -4.79. The average Bonchev–Trinajstić information content (AvgIpc) is 3.00. The lowest BCUT2D eigenvalue weighted by atomic mass is 10.1. The molecule has 4 heterocycles. The van der Waals surface area contributed by atoms with Crippen molar-refractivity contribution in [2.45, 2.75) is 13.1 Å². The molecule has 0 saturated heterocycles. The molecule has 0 N–H and O–H groups in total. The Balaban J connectivity index is 1.26. The third-order valence-electron chi connectivity index (χ3n) is 9.82. The lowest BCUT2D eigenvalue weighted by molar-refractivity contribution is 0.463. The molecule has 0 fully saturated rings. The van der Waals surface area contributed by atoms with Crippen LogP contribution in [-0.4, -0.2) is 16.1 Å². The smallest absolute Gasteiger partial charge is 0.164 e. The normalized spacial score (nSPS) is 21.1. The second-order valence-corrected chi connectivity index (χ2v) is 19.6. The molecule has 2 unspecified atom stereocenters. The zero-order valence-electron chi connectivity index (χ0n) is 23.0. The second kappa shape index (κ2) is 7.53. The molecule has 0 aromatic heterocycles. The highest BCUT2D eigenvalue weighted by atomic mass is 28.3. The van der Waals surface area contributed by atoms with E-state index in [9.17, 15) is 0 Å². The topological polar surface area (TPSA) is 36.9 Å². The number of para-hydroxylation sites is 2. The van der Waals surface area contributed by atoms with Crippen LogP contribution in [-0.2, 0) is 0 Å². The van der Waals surface area contributed by atoms with Crippen molar-refractivity contribution in [2.24, 2.45) is 0 Å². The van der Waals surface area contributed by atoms with Crippen LogP contribution >= 0.6 is 0 Å². The van der Waals surface area contributed by atoms with E-state index >= 15 is 0 Å². The number of fused-ring (bicyclic) bond motifs is 9. The highest BCUT2D eigenvalue weighted by molar-refractivity contribution is 7.13. The Morgan fingerprint density at radius 3 is 1.17 bits per heavy atom. The summed E-state index contributed by atoms with van der Waals surface area (Å²) < 4.78 is 26.2. The first kappa shape index (κ1) is 22.9. The molecule has 2 atom stereocenters. The van der Waals surface area contributed by atoms with Gasteiger partial charge < -0.3 is 18.9 Å². The zero-order chi connectivity index (χ0) is 27.8. The minimum absolute atomic E-state index is 0.900. The van der Waals surface area contributed by atoms with E-state index in [-0.39, 0.29) is 0 Å². The highest BCUT2D eigenvalue weighted by Gasteiger charge is 2.50. The van der Waals surface area contributed by atoms with Gasteiger partial charge in [0.1, 0.15) is 46.0 Å². The molecule has 4 aliphatic heterocycles. The van der Waals surface area contributed by atoms with Gasteiger partial charge in [0.25, 0.3) is 0 Å². The van der Waals surface area contributed by atoms with Gasteiger partial charge in [0.05, 0.1) is 0 Å². The predicted molar refractivity (Wildman–Crippen MR) is 171 cm³/mol. The summed E-state index contributed by atoms with van der Waals surface area (Å²) in [7, 11) is -4.86. The lowest BCUT2D eigenvalue weighted by Crippen LogP contribution is -2.69. The first-order chi connectivity index (χ1) is 20.5. The summed E-state index contributed by atoms with van der Waals surface area (Å²) in [6, 6.07) is 38.6. The zero-order valence-corrected chi connectivity index (χ0v) is 25.0. The van der Waals surface area contributed by atoms with Crippen LogP contribution in [0.15, 0.2) is 109 Å². The maximum absolute atomic E-state index is 6.65. The quantitative estimate of drug-likeness (QED) is 0.225. The number of rotatable bonds is 0. The number of ether oxygens (including phenoxy) is 4. The van der Waals surface area contributed by atoms with Crippen molar-refractivity contribution in [2.75, 3.05) is 0 Å². The van der Waals surface area contributed by atoms with Crippen molar-refractivity contribution in [3.05, 3.63) is 109 Å². The van der Waals surface area contributed by atoms with Gasteiger partial charge in [0.15, 0.2) is 16.1 Å². The van der Waals surface area contributed by atoms with Gasteiger partial charge in [0, 0.05) is 10.4 Å². The summed E-state index contributed by atoms with van der Waals surface area (Å²) in [5.41, 5.74) is 0. The van der Waals surface area contributed by atoms with Crippen molar-refractivity contribution in [1.29, 1.82) is 0 Å². The van der Waals surface area contributed by atoms with E-state index in [0.29, 0.717) is 0 Å². The summed E-state index contributed by atoms with van der Waals surface area (Å²) in [5, 5.41) is 9.89. The van der Waals surface area contributed by atoms with Crippen molar-refractivity contribution in [1.82, 2.24) is 0 Å². The minimum Gasteiger partial charge on any atom is -0.457 e. The van der Waals surface area contributed by atoms with Gasteiger partial charge in [0.2, 0.25) is 0 Å². The van der Waals surface area contributed by atoms with Crippen LogP contribution in [0.3, 0.4) is 0 Å². The first-order valence-electron chi connectivity index (χ1n) is 14.3. The van der Waals surface area contributed by atoms with Gasteiger partial charge in [-0.3, -0.25) is 0 Å². The van der Waals surface area contributed by atoms with Gasteiger partial charge in [-0.2, -0.15) is 0 Å². The summed E-state index contributed by atoms with van der Waals surface area (Å²) in [5.74, 6) is 7.38. The molecule has 6 aromatic rings. The Morgan fingerprint density at radius 2 is 0.714 bits per heavy atom.